The first-order valence-corrected chi connectivity index (χ1v) is 15.6. The molecule has 3 fully saturated rings. The zero-order chi connectivity index (χ0) is 22.5. The summed E-state index contributed by atoms with van der Waals surface area (Å²) in [5.41, 5.74) is 0. The van der Waals surface area contributed by atoms with Crippen molar-refractivity contribution in [3.8, 4) is 0 Å². The monoisotopic (exact) mass is 509 g/mol. The van der Waals surface area contributed by atoms with Crippen LogP contribution in [0.25, 0.3) is 0 Å². The Kier molecular flexibility index (Phi) is 13.2. The Hall–Kier alpha value is -0.520. The molecule has 2 atom stereocenters. The lowest BCUT2D eigenvalue weighted by molar-refractivity contribution is -0.197. The summed E-state index contributed by atoms with van der Waals surface area (Å²) in [5, 5.41) is 10.5. The van der Waals surface area contributed by atoms with Gasteiger partial charge in [-0.25, -0.2) is 4.79 Å². The normalized spacial score (nSPS) is 23.0. The maximum absolute atomic E-state index is 11.5. The Morgan fingerprint density at radius 2 is 1.39 bits per heavy atom. The molecule has 0 aliphatic carbocycles. The minimum atomic E-state index is -0.663. The molecule has 3 aliphatic rings. The number of hydrogen-bond acceptors (Lipinski definition) is 9. The first-order chi connectivity index (χ1) is 15.0. The second kappa shape index (κ2) is 15.3. The van der Waals surface area contributed by atoms with Crippen LogP contribution in [0.5, 0.6) is 0 Å². The van der Waals surface area contributed by atoms with E-state index in [1.165, 1.54) is 30.8 Å². The number of carbonyl (C=O) groups excluding carboxylic acids is 3. The van der Waals surface area contributed by atoms with Crippen molar-refractivity contribution in [2.75, 3.05) is 11.5 Å². The molecule has 31 heavy (non-hydrogen) atoms. The Balaban J connectivity index is 0.000000245. The van der Waals surface area contributed by atoms with E-state index in [1.807, 2.05) is 43.2 Å². The summed E-state index contributed by atoms with van der Waals surface area (Å²) < 4.78 is 0. The van der Waals surface area contributed by atoms with Crippen molar-refractivity contribution in [1.29, 1.82) is 0 Å². The predicted octanol–water partition coefficient (Wildman–Crippen LogP) is 5.09. The van der Waals surface area contributed by atoms with Gasteiger partial charge in [0.1, 0.15) is 0 Å². The van der Waals surface area contributed by atoms with Gasteiger partial charge >= 0.3 is 11.9 Å². The van der Waals surface area contributed by atoms with Crippen LogP contribution in [0.2, 0.25) is 0 Å². The zero-order valence-electron chi connectivity index (χ0n) is 17.6. The molecule has 0 radical (unpaired) electrons. The van der Waals surface area contributed by atoms with Gasteiger partial charge in [0.25, 0.3) is 11.8 Å². The molecular weight excluding hydrogens is 478 g/mol. The predicted molar refractivity (Wildman–Crippen MR) is 129 cm³/mol. The van der Waals surface area contributed by atoms with Crippen LogP contribution < -0.4 is 0 Å². The van der Waals surface area contributed by atoms with E-state index in [1.54, 1.807) is 0 Å². The lowest BCUT2D eigenvalue weighted by atomic mass is 10.1. The first-order valence-electron chi connectivity index (χ1n) is 10.8. The highest BCUT2D eigenvalue weighted by atomic mass is 33.1. The van der Waals surface area contributed by atoms with Gasteiger partial charge in [0.2, 0.25) is 0 Å². The highest BCUT2D eigenvalue weighted by molar-refractivity contribution is 8.77. The minimum absolute atomic E-state index is 0.142. The summed E-state index contributed by atoms with van der Waals surface area (Å²) in [6.45, 7) is 0. The molecule has 11 heteroatoms. The molecular formula is C20H31NO6S4. The Morgan fingerprint density at radius 3 is 1.84 bits per heavy atom. The second-order valence-electron chi connectivity index (χ2n) is 7.59. The van der Waals surface area contributed by atoms with Crippen molar-refractivity contribution in [2.45, 2.75) is 87.5 Å². The number of carbonyl (C=O) groups is 4. The highest BCUT2D eigenvalue weighted by Gasteiger charge is 2.32. The van der Waals surface area contributed by atoms with Crippen molar-refractivity contribution >= 4 is 66.9 Å². The zero-order valence-corrected chi connectivity index (χ0v) is 20.9. The van der Waals surface area contributed by atoms with Gasteiger partial charge in [0.15, 0.2) is 0 Å². The third-order valence-electron chi connectivity index (χ3n) is 4.98. The number of unbranched alkanes of at least 4 members (excludes halogenated alkanes) is 2. The molecule has 7 nitrogen and oxygen atoms in total. The lowest BCUT2D eigenvalue weighted by Gasteiger charge is -2.12. The SMILES string of the molecule is O=C(CCCCC1CCSS1)ON1C(=O)CCC1=O.O=C(O)CCCCC1CCSS1. The van der Waals surface area contributed by atoms with Gasteiger partial charge in [-0.1, -0.05) is 56.0 Å². The fourth-order valence-corrected chi connectivity index (χ4v) is 9.28. The van der Waals surface area contributed by atoms with Crippen molar-refractivity contribution in [1.82, 2.24) is 5.06 Å². The number of imide groups is 1. The van der Waals surface area contributed by atoms with E-state index in [0.717, 1.165) is 37.4 Å². The van der Waals surface area contributed by atoms with Gasteiger partial charge in [-0.05, 0) is 38.5 Å². The third-order valence-corrected chi connectivity index (χ3v) is 11.0. The molecule has 2 amide bonds. The second-order valence-corrected chi connectivity index (χ2v) is 13.2. The number of aliphatic carboxylic acids is 1. The third kappa shape index (κ3) is 11.3. The molecule has 0 aromatic rings. The number of carboxylic acid groups (broad SMARTS) is 1. The van der Waals surface area contributed by atoms with E-state index in [2.05, 4.69) is 0 Å². The molecule has 0 bridgehead atoms. The Labute approximate surface area is 199 Å². The quantitative estimate of drug-likeness (QED) is 0.230. The minimum Gasteiger partial charge on any atom is -0.481 e. The van der Waals surface area contributed by atoms with E-state index in [0.29, 0.717) is 16.7 Å². The largest absolute Gasteiger partial charge is 0.481 e. The maximum atomic E-state index is 11.5. The smallest absolute Gasteiger partial charge is 0.333 e. The number of carboxylic acids is 1. The van der Waals surface area contributed by atoms with Crippen LogP contribution in [0.1, 0.15) is 77.0 Å². The Bertz CT molecular complexity index is 592. The van der Waals surface area contributed by atoms with E-state index < -0.39 is 23.8 Å². The summed E-state index contributed by atoms with van der Waals surface area (Å²) in [7, 11) is 7.76. The number of hydroxylamine groups is 2. The Morgan fingerprint density at radius 1 is 0.871 bits per heavy atom. The molecule has 176 valence electrons. The van der Waals surface area contributed by atoms with Gasteiger partial charge < -0.3 is 9.94 Å². The number of nitrogens with zero attached hydrogens (tertiary/aromatic N) is 1. The topological polar surface area (TPSA) is 101 Å². The molecule has 3 aliphatic heterocycles. The van der Waals surface area contributed by atoms with Crippen molar-refractivity contribution < 1.29 is 29.1 Å². The van der Waals surface area contributed by atoms with Crippen LogP contribution >= 0.6 is 43.2 Å². The molecule has 0 aromatic heterocycles. The highest BCUT2D eigenvalue weighted by Crippen LogP contribution is 2.40. The van der Waals surface area contributed by atoms with Gasteiger partial charge in [-0.15, -0.1) is 5.06 Å². The number of rotatable bonds is 11. The molecule has 3 heterocycles. The van der Waals surface area contributed by atoms with Crippen molar-refractivity contribution in [3.63, 3.8) is 0 Å². The molecule has 3 rings (SSSR count). The molecule has 2 unspecified atom stereocenters. The van der Waals surface area contributed by atoms with Crippen LogP contribution in [0, 0.1) is 0 Å². The molecule has 0 spiro atoms. The lowest BCUT2D eigenvalue weighted by Crippen LogP contribution is -2.31. The van der Waals surface area contributed by atoms with Crippen LogP contribution in [0.4, 0.5) is 0 Å². The summed E-state index contributed by atoms with van der Waals surface area (Å²) in [6.07, 6.45) is 9.40. The molecule has 3 saturated heterocycles. The van der Waals surface area contributed by atoms with Gasteiger partial charge in [0, 0.05) is 47.7 Å². The van der Waals surface area contributed by atoms with Crippen molar-refractivity contribution in [2.24, 2.45) is 0 Å². The number of hydrogen-bond donors (Lipinski definition) is 1. The fourth-order valence-electron chi connectivity index (χ4n) is 3.22. The van der Waals surface area contributed by atoms with E-state index >= 15 is 0 Å². The van der Waals surface area contributed by atoms with Gasteiger partial charge in [-0.3, -0.25) is 14.4 Å². The van der Waals surface area contributed by atoms with E-state index in [-0.39, 0.29) is 19.3 Å². The molecule has 0 saturated carbocycles. The summed E-state index contributed by atoms with van der Waals surface area (Å²) >= 11 is 0. The van der Waals surface area contributed by atoms with Crippen LogP contribution in [0.15, 0.2) is 0 Å². The maximum Gasteiger partial charge on any atom is 0.333 e. The van der Waals surface area contributed by atoms with Gasteiger partial charge in [-0.2, -0.15) is 0 Å². The summed E-state index contributed by atoms with van der Waals surface area (Å²) in [4.78, 5) is 49.0. The van der Waals surface area contributed by atoms with E-state index in [4.69, 9.17) is 9.94 Å². The molecule has 1 N–H and O–H groups in total. The van der Waals surface area contributed by atoms with Gasteiger partial charge in [0.05, 0.1) is 0 Å². The van der Waals surface area contributed by atoms with Crippen LogP contribution in [0.3, 0.4) is 0 Å². The summed E-state index contributed by atoms with van der Waals surface area (Å²) in [5.74, 6) is 0.501. The number of amides is 2. The summed E-state index contributed by atoms with van der Waals surface area (Å²) in [6, 6.07) is 0. The van der Waals surface area contributed by atoms with Crippen LogP contribution in [-0.2, 0) is 24.0 Å². The average molecular weight is 510 g/mol. The van der Waals surface area contributed by atoms with E-state index in [9.17, 15) is 19.2 Å². The average Bonchev–Trinajstić information content (AvgIpc) is 3.49. The van der Waals surface area contributed by atoms with Crippen molar-refractivity contribution in [3.05, 3.63) is 0 Å². The van der Waals surface area contributed by atoms with Crippen LogP contribution in [-0.4, -0.2) is 55.9 Å². The fraction of sp³-hybridized carbons (Fsp3) is 0.800. The standard InChI is InChI=1S/C12H17NO4S2.C8H14O2S2/c14-10-5-6-11(15)13(10)17-12(16)4-2-1-3-9-7-8-18-19-9;9-8(10)4-2-1-3-7-5-6-11-12-7/h9H,1-8H2;7H,1-6H2,(H,9,10). The first kappa shape index (κ1) is 26.7. The molecule has 0 aromatic carbocycles.